The van der Waals surface area contributed by atoms with Gasteiger partial charge < -0.3 is 5.32 Å². The fraction of sp³-hybridized carbons (Fsp3) is 0.0500. The normalized spacial score (nSPS) is 11.6. The lowest BCUT2D eigenvalue weighted by molar-refractivity contribution is -0.142. The van der Waals surface area contributed by atoms with Crippen LogP contribution >= 0.6 is 23.2 Å². The minimum Gasteiger partial charge on any atom is -0.319 e. The maximum absolute atomic E-state index is 13.7. The molecule has 0 aliphatic carbocycles. The Balaban J connectivity index is 1.80. The summed E-state index contributed by atoms with van der Waals surface area (Å²) in [5, 5.41) is 7.07. The van der Waals surface area contributed by atoms with Gasteiger partial charge in [-0.15, -0.1) is 0 Å². The largest absolute Gasteiger partial charge is 0.433 e. The van der Waals surface area contributed by atoms with Crippen LogP contribution in [0.15, 0.2) is 60.7 Å². The van der Waals surface area contributed by atoms with Crippen molar-refractivity contribution in [1.29, 1.82) is 0 Å². The molecule has 4 rings (SSSR count). The number of alkyl halides is 3. The SMILES string of the molecule is O=C(Nc1ccccc1Cl)c1cc2nc(-c3ccc(Cl)cc3)cc(C(F)(F)F)n2n1. The third kappa shape index (κ3) is 3.96. The first-order chi connectivity index (χ1) is 14.2. The van der Waals surface area contributed by atoms with Crippen molar-refractivity contribution in [2.45, 2.75) is 6.18 Å². The highest BCUT2D eigenvalue weighted by molar-refractivity contribution is 6.33. The molecule has 0 radical (unpaired) electrons. The summed E-state index contributed by atoms with van der Waals surface area (Å²) >= 11 is 11.9. The first-order valence-electron chi connectivity index (χ1n) is 8.52. The number of rotatable bonds is 3. The Hall–Kier alpha value is -3.10. The smallest absolute Gasteiger partial charge is 0.319 e. The van der Waals surface area contributed by atoms with E-state index in [1.54, 1.807) is 48.5 Å². The van der Waals surface area contributed by atoms with E-state index in [-0.39, 0.29) is 22.1 Å². The van der Waals surface area contributed by atoms with E-state index in [1.807, 2.05) is 0 Å². The maximum atomic E-state index is 13.7. The van der Waals surface area contributed by atoms with Gasteiger partial charge in [-0.05, 0) is 30.3 Å². The summed E-state index contributed by atoms with van der Waals surface area (Å²) in [6.45, 7) is 0. The zero-order chi connectivity index (χ0) is 21.5. The molecule has 30 heavy (non-hydrogen) atoms. The molecule has 0 spiro atoms. The molecule has 2 aromatic heterocycles. The number of nitrogens with one attached hydrogen (secondary N) is 1. The molecule has 2 aromatic carbocycles. The number of nitrogens with zero attached hydrogens (tertiary/aromatic N) is 3. The van der Waals surface area contributed by atoms with Gasteiger partial charge in [0.1, 0.15) is 0 Å². The van der Waals surface area contributed by atoms with E-state index in [4.69, 9.17) is 23.2 Å². The number of para-hydroxylation sites is 1. The summed E-state index contributed by atoms with van der Waals surface area (Å²) in [6, 6.07) is 14.7. The quantitative estimate of drug-likeness (QED) is 0.417. The molecule has 0 saturated heterocycles. The molecule has 0 aliphatic rings. The predicted molar refractivity (Wildman–Crippen MR) is 108 cm³/mol. The van der Waals surface area contributed by atoms with Crippen molar-refractivity contribution < 1.29 is 18.0 Å². The van der Waals surface area contributed by atoms with E-state index in [0.717, 1.165) is 6.07 Å². The second-order valence-corrected chi connectivity index (χ2v) is 7.11. The number of carbonyl (C=O) groups is 1. The van der Waals surface area contributed by atoms with E-state index >= 15 is 0 Å². The van der Waals surface area contributed by atoms with Gasteiger partial charge in [0.2, 0.25) is 0 Å². The molecule has 4 aromatic rings. The van der Waals surface area contributed by atoms with Crippen LogP contribution in [-0.4, -0.2) is 20.5 Å². The van der Waals surface area contributed by atoms with Crippen molar-refractivity contribution >= 4 is 40.4 Å². The lowest BCUT2D eigenvalue weighted by Gasteiger charge is -2.11. The van der Waals surface area contributed by atoms with E-state index in [2.05, 4.69) is 15.4 Å². The number of hydrogen-bond donors (Lipinski definition) is 1. The van der Waals surface area contributed by atoms with Crippen LogP contribution < -0.4 is 5.32 Å². The van der Waals surface area contributed by atoms with Crippen LogP contribution in [0.1, 0.15) is 16.2 Å². The van der Waals surface area contributed by atoms with E-state index in [0.29, 0.717) is 20.8 Å². The molecule has 1 N–H and O–H groups in total. The molecule has 0 aliphatic heterocycles. The molecular weight excluding hydrogens is 440 g/mol. The monoisotopic (exact) mass is 450 g/mol. The van der Waals surface area contributed by atoms with Crippen molar-refractivity contribution in [2.75, 3.05) is 5.32 Å². The summed E-state index contributed by atoms with van der Waals surface area (Å²) in [6.07, 6.45) is -4.72. The number of aromatic nitrogens is 3. The summed E-state index contributed by atoms with van der Waals surface area (Å²) in [4.78, 5) is 16.7. The van der Waals surface area contributed by atoms with Gasteiger partial charge in [-0.25, -0.2) is 9.50 Å². The molecule has 0 fully saturated rings. The number of carbonyl (C=O) groups excluding carboxylic acids is 1. The fourth-order valence-electron chi connectivity index (χ4n) is 2.80. The Morgan fingerprint density at radius 3 is 2.37 bits per heavy atom. The summed E-state index contributed by atoms with van der Waals surface area (Å²) < 4.78 is 41.6. The average molecular weight is 451 g/mol. The van der Waals surface area contributed by atoms with Crippen LogP contribution in [0, 0.1) is 0 Å². The number of amides is 1. The molecule has 5 nitrogen and oxygen atoms in total. The van der Waals surface area contributed by atoms with Gasteiger partial charge in [0.15, 0.2) is 17.0 Å². The first kappa shape index (κ1) is 20.2. The van der Waals surface area contributed by atoms with Gasteiger partial charge in [-0.1, -0.05) is 47.5 Å². The molecule has 2 heterocycles. The minimum atomic E-state index is -4.72. The summed E-state index contributed by atoms with van der Waals surface area (Å²) in [7, 11) is 0. The minimum absolute atomic E-state index is 0.0736. The highest BCUT2D eigenvalue weighted by Gasteiger charge is 2.35. The number of hydrogen-bond acceptors (Lipinski definition) is 3. The number of fused-ring (bicyclic) bond motifs is 1. The van der Waals surface area contributed by atoms with Crippen molar-refractivity contribution in [1.82, 2.24) is 14.6 Å². The zero-order valence-electron chi connectivity index (χ0n) is 14.9. The Labute approximate surface area is 178 Å². The van der Waals surface area contributed by atoms with E-state index in [1.165, 1.54) is 6.07 Å². The Morgan fingerprint density at radius 2 is 1.70 bits per heavy atom. The molecule has 10 heteroatoms. The van der Waals surface area contributed by atoms with Crippen LogP contribution in [0.25, 0.3) is 16.9 Å². The van der Waals surface area contributed by atoms with Crippen LogP contribution in [-0.2, 0) is 6.18 Å². The maximum Gasteiger partial charge on any atom is 0.433 e. The van der Waals surface area contributed by atoms with Gasteiger partial charge in [0, 0.05) is 16.7 Å². The Bertz CT molecular complexity index is 1250. The van der Waals surface area contributed by atoms with Crippen LogP contribution in [0.3, 0.4) is 0 Å². The second-order valence-electron chi connectivity index (χ2n) is 6.26. The highest BCUT2D eigenvalue weighted by atomic mass is 35.5. The molecule has 0 atom stereocenters. The topological polar surface area (TPSA) is 59.3 Å². The lowest BCUT2D eigenvalue weighted by Crippen LogP contribution is -2.16. The predicted octanol–water partition coefficient (Wildman–Crippen LogP) is 5.97. The third-order valence-corrected chi connectivity index (χ3v) is 4.79. The van der Waals surface area contributed by atoms with E-state index in [9.17, 15) is 18.0 Å². The molecular formula is C20H11Cl2F3N4O. The zero-order valence-corrected chi connectivity index (χ0v) is 16.4. The Kier molecular flexibility index (Phi) is 5.13. The Morgan fingerprint density at radius 1 is 1.00 bits per heavy atom. The van der Waals surface area contributed by atoms with Gasteiger partial charge in [0.25, 0.3) is 5.91 Å². The average Bonchev–Trinajstić information content (AvgIpc) is 3.13. The fourth-order valence-corrected chi connectivity index (χ4v) is 3.11. The molecule has 152 valence electrons. The van der Waals surface area contributed by atoms with Gasteiger partial charge >= 0.3 is 6.18 Å². The number of halogens is 5. The summed E-state index contributed by atoms with van der Waals surface area (Å²) in [5.74, 6) is -0.713. The standard InChI is InChI=1S/C20H11Cl2F3N4O/c21-12-7-5-11(6-8-12)15-9-17(20(23,24)25)29-18(26-15)10-16(28-29)19(30)27-14-4-2-1-3-13(14)22/h1-10H,(H,27,30). The number of benzene rings is 2. The molecule has 1 amide bonds. The lowest BCUT2D eigenvalue weighted by atomic mass is 10.1. The molecule has 0 saturated carbocycles. The van der Waals surface area contributed by atoms with Crippen molar-refractivity contribution in [3.05, 3.63) is 82.1 Å². The van der Waals surface area contributed by atoms with Crippen LogP contribution in [0.2, 0.25) is 10.0 Å². The molecule has 0 bridgehead atoms. The van der Waals surface area contributed by atoms with Gasteiger partial charge in [-0.2, -0.15) is 18.3 Å². The summed E-state index contributed by atoms with van der Waals surface area (Å²) in [5.41, 5.74) is -0.596. The third-order valence-electron chi connectivity index (χ3n) is 4.21. The van der Waals surface area contributed by atoms with Gasteiger partial charge in [-0.3, -0.25) is 4.79 Å². The van der Waals surface area contributed by atoms with Crippen molar-refractivity contribution in [2.24, 2.45) is 0 Å². The first-order valence-corrected chi connectivity index (χ1v) is 9.28. The van der Waals surface area contributed by atoms with E-state index < -0.39 is 17.8 Å². The van der Waals surface area contributed by atoms with Crippen molar-refractivity contribution in [3.63, 3.8) is 0 Å². The van der Waals surface area contributed by atoms with Crippen LogP contribution in [0.5, 0.6) is 0 Å². The molecule has 0 unspecified atom stereocenters. The van der Waals surface area contributed by atoms with Crippen LogP contribution in [0.4, 0.5) is 18.9 Å². The second kappa shape index (κ2) is 7.62. The number of anilines is 1. The van der Waals surface area contributed by atoms with Crippen molar-refractivity contribution in [3.8, 4) is 11.3 Å². The van der Waals surface area contributed by atoms with Gasteiger partial charge in [0.05, 0.1) is 16.4 Å². The highest BCUT2D eigenvalue weighted by Crippen LogP contribution is 2.32.